The van der Waals surface area contributed by atoms with E-state index in [1.165, 1.54) is 12.8 Å². The van der Waals surface area contributed by atoms with Crippen LogP contribution in [0.5, 0.6) is 0 Å². The van der Waals surface area contributed by atoms with Crippen molar-refractivity contribution in [1.82, 2.24) is 0 Å². The van der Waals surface area contributed by atoms with Crippen molar-refractivity contribution in [3.05, 3.63) is 0 Å². The van der Waals surface area contributed by atoms with Gasteiger partial charge >= 0.3 is 0 Å². The number of carbonyl (C=O) groups excluding carboxylic acids is 1. The molecule has 0 bridgehead atoms. The van der Waals surface area contributed by atoms with E-state index in [-0.39, 0.29) is 17.1 Å². The molecule has 0 spiro atoms. The molecular weight excluding hydrogens is 143 g/mol. The first kappa shape index (κ1) is 11.0. The van der Waals surface area contributed by atoms with Crippen LogP contribution in [0.3, 0.4) is 0 Å². The molecule has 49 valence electrons. The second kappa shape index (κ2) is 10.2. The molecule has 8 heavy (non-hydrogen) atoms. The Bertz CT molecular complexity index is 45.8. The van der Waals surface area contributed by atoms with Crippen LogP contribution in [0.2, 0.25) is 0 Å². The number of carbonyl (C=O) groups is 1. The molecule has 0 N–H and O–H groups in total. The zero-order chi connectivity index (χ0) is 5.54. The Balaban J connectivity index is 0. The number of unbranched alkanes of at least 4 members (excludes halogenated alkanes) is 3. The maximum atomic E-state index is 9.68. The van der Waals surface area contributed by atoms with Crippen molar-refractivity contribution < 1.29 is 21.9 Å². The van der Waals surface area contributed by atoms with E-state index >= 15 is 0 Å². The number of aldehydes is 1. The predicted octanol–water partition coefficient (Wildman–Crippen LogP) is 1.76. The van der Waals surface area contributed by atoms with E-state index in [9.17, 15) is 4.79 Å². The van der Waals surface area contributed by atoms with Gasteiger partial charge in [0.1, 0.15) is 6.29 Å². The molecule has 0 fully saturated rings. The van der Waals surface area contributed by atoms with Crippen molar-refractivity contribution in [3.8, 4) is 0 Å². The van der Waals surface area contributed by atoms with Crippen LogP contribution < -0.4 is 0 Å². The minimum Gasteiger partial charge on any atom is -0.303 e. The van der Waals surface area contributed by atoms with Crippen molar-refractivity contribution in [1.29, 1.82) is 0 Å². The normalized spacial score (nSPS) is 7.62. The molecule has 0 aliphatic heterocycles. The van der Waals surface area contributed by atoms with Gasteiger partial charge in [0.15, 0.2) is 0 Å². The third kappa shape index (κ3) is 9.50. The summed E-state index contributed by atoms with van der Waals surface area (Å²) in [6.45, 7) is 2.13. The van der Waals surface area contributed by atoms with Gasteiger partial charge in [0, 0.05) is 23.5 Å². The zero-order valence-corrected chi connectivity index (χ0v) is 6.37. The third-order valence-electron chi connectivity index (χ3n) is 0.926. The molecule has 0 unspecified atom stereocenters. The molecule has 0 aliphatic carbocycles. The van der Waals surface area contributed by atoms with Gasteiger partial charge in [-0.05, 0) is 6.42 Å². The van der Waals surface area contributed by atoms with E-state index in [1.54, 1.807) is 0 Å². The number of hydrogen-bond donors (Lipinski definition) is 0. The van der Waals surface area contributed by atoms with Crippen molar-refractivity contribution in [2.45, 2.75) is 32.6 Å². The molecule has 0 atom stereocenters. The fraction of sp³-hybridized carbons (Fsp3) is 0.833. The van der Waals surface area contributed by atoms with Gasteiger partial charge in [-0.2, -0.15) is 0 Å². The minimum absolute atomic E-state index is 0. The Morgan fingerprint density at radius 1 is 1.38 bits per heavy atom. The summed E-state index contributed by atoms with van der Waals surface area (Å²) in [5, 5.41) is 0. The average molecular weight is 155 g/mol. The number of rotatable bonds is 4. The Labute approximate surface area is 61.3 Å². The second-order valence-electron chi connectivity index (χ2n) is 1.66. The van der Waals surface area contributed by atoms with Crippen molar-refractivity contribution in [3.63, 3.8) is 0 Å². The van der Waals surface area contributed by atoms with Gasteiger partial charge in [0.25, 0.3) is 0 Å². The van der Waals surface area contributed by atoms with Crippen LogP contribution in [0.15, 0.2) is 0 Å². The fourth-order valence-electron chi connectivity index (χ4n) is 0.478. The summed E-state index contributed by atoms with van der Waals surface area (Å²) >= 11 is 0. The molecule has 0 amide bonds. The van der Waals surface area contributed by atoms with Crippen LogP contribution in [0.4, 0.5) is 0 Å². The summed E-state index contributed by atoms with van der Waals surface area (Å²) in [5.74, 6) is 0. The second-order valence-corrected chi connectivity index (χ2v) is 1.66. The fourth-order valence-corrected chi connectivity index (χ4v) is 0.478. The number of hydrogen-bond acceptors (Lipinski definition) is 1. The van der Waals surface area contributed by atoms with E-state index < -0.39 is 0 Å². The Morgan fingerprint density at radius 3 is 2.38 bits per heavy atom. The molecule has 0 saturated heterocycles. The SMILES string of the molecule is CCCCCC=O.[Mn]. The molecule has 0 aromatic heterocycles. The molecule has 1 radical (unpaired) electrons. The summed E-state index contributed by atoms with van der Waals surface area (Å²) < 4.78 is 0. The minimum atomic E-state index is 0. The zero-order valence-electron chi connectivity index (χ0n) is 5.19. The molecular formula is C6H12MnO. The predicted molar refractivity (Wildman–Crippen MR) is 30.2 cm³/mol. The summed E-state index contributed by atoms with van der Waals surface area (Å²) in [5.41, 5.74) is 0. The standard InChI is InChI=1S/C6H12O.Mn/c1-2-3-4-5-6-7;/h6H,2-5H2,1H3;. The Hall–Kier alpha value is 0.189. The van der Waals surface area contributed by atoms with E-state index in [4.69, 9.17) is 0 Å². The van der Waals surface area contributed by atoms with E-state index in [2.05, 4.69) is 6.92 Å². The summed E-state index contributed by atoms with van der Waals surface area (Å²) in [4.78, 5) is 9.68. The molecule has 2 heteroatoms. The maximum Gasteiger partial charge on any atom is 0.119 e. The Morgan fingerprint density at radius 2 is 2.00 bits per heavy atom. The van der Waals surface area contributed by atoms with Crippen LogP contribution in [-0.4, -0.2) is 6.29 Å². The first-order valence-corrected chi connectivity index (χ1v) is 2.85. The van der Waals surface area contributed by atoms with E-state index in [1.807, 2.05) is 0 Å². The van der Waals surface area contributed by atoms with Crippen molar-refractivity contribution in [2.24, 2.45) is 0 Å². The quantitative estimate of drug-likeness (QED) is 0.343. The van der Waals surface area contributed by atoms with Crippen LogP contribution in [0.1, 0.15) is 32.6 Å². The van der Waals surface area contributed by atoms with Gasteiger partial charge in [-0.3, -0.25) is 0 Å². The van der Waals surface area contributed by atoms with Crippen LogP contribution in [0, 0.1) is 0 Å². The molecule has 0 aliphatic rings. The van der Waals surface area contributed by atoms with Gasteiger partial charge in [0.2, 0.25) is 0 Å². The van der Waals surface area contributed by atoms with Crippen molar-refractivity contribution >= 4 is 6.29 Å². The molecule has 1 nitrogen and oxygen atoms in total. The molecule has 0 aromatic rings. The van der Waals surface area contributed by atoms with E-state index in [0.717, 1.165) is 19.1 Å². The van der Waals surface area contributed by atoms with Gasteiger partial charge < -0.3 is 4.79 Å². The molecule has 0 heterocycles. The molecule has 0 rings (SSSR count). The summed E-state index contributed by atoms with van der Waals surface area (Å²) in [6.07, 6.45) is 5.19. The monoisotopic (exact) mass is 155 g/mol. The molecule has 0 saturated carbocycles. The maximum absolute atomic E-state index is 9.68. The van der Waals surface area contributed by atoms with Crippen LogP contribution in [-0.2, 0) is 21.9 Å². The summed E-state index contributed by atoms with van der Waals surface area (Å²) in [7, 11) is 0. The third-order valence-corrected chi connectivity index (χ3v) is 0.926. The largest absolute Gasteiger partial charge is 0.303 e. The smallest absolute Gasteiger partial charge is 0.119 e. The summed E-state index contributed by atoms with van der Waals surface area (Å²) in [6, 6.07) is 0. The topological polar surface area (TPSA) is 17.1 Å². The van der Waals surface area contributed by atoms with Crippen molar-refractivity contribution in [2.75, 3.05) is 0 Å². The van der Waals surface area contributed by atoms with Gasteiger partial charge in [-0.25, -0.2) is 0 Å². The average Bonchev–Trinajstić information content (AvgIpc) is 1.69. The van der Waals surface area contributed by atoms with E-state index in [0.29, 0.717) is 0 Å². The first-order valence-electron chi connectivity index (χ1n) is 2.85. The molecule has 0 aromatic carbocycles. The first-order chi connectivity index (χ1) is 3.41. The van der Waals surface area contributed by atoms with Crippen LogP contribution in [0.25, 0.3) is 0 Å². The van der Waals surface area contributed by atoms with Gasteiger partial charge in [-0.15, -0.1) is 0 Å². The van der Waals surface area contributed by atoms with Gasteiger partial charge in [-0.1, -0.05) is 19.8 Å². The Kier molecular flexibility index (Phi) is 14.1. The van der Waals surface area contributed by atoms with Gasteiger partial charge in [0.05, 0.1) is 0 Å². The van der Waals surface area contributed by atoms with Crippen LogP contribution >= 0.6 is 0 Å².